The van der Waals surface area contributed by atoms with Crippen molar-refractivity contribution in [1.29, 1.82) is 0 Å². The van der Waals surface area contributed by atoms with Gasteiger partial charge in [0.25, 0.3) is 0 Å². The normalized spacial score (nSPS) is 10.9. The van der Waals surface area contributed by atoms with Crippen LogP contribution in [0.5, 0.6) is 0 Å². The topological polar surface area (TPSA) is 42.7 Å². The van der Waals surface area contributed by atoms with Crippen molar-refractivity contribution in [2.75, 3.05) is 6.54 Å². The zero-order chi connectivity index (χ0) is 13.7. The molecule has 0 atom stereocenters. The van der Waals surface area contributed by atoms with E-state index < -0.39 is 0 Å². The second-order valence-electron chi connectivity index (χ2n) is 4.94. The molecule has 1 aromatic heterocycles. The van der Waals surface area contributed by atoms with Crippen LogP contribution in [0.15, 0.2) is 24.5 Å². The number of nitrogens with zero attached hydrogens (tertiary/aromatic N) is 3. The SMILES string of the molecule is CCCNCc1ncnn1Cc1cc(C)ccc1C. The molecule has 2 aromatic rings. The molecule has 1 heterocycles. The van der Waals surface area contributed by atoms with E-state index in [-0.39, 0.29) is 0 Å². The highest BCUT2D eigenvalue weighted by atomic mass is 15.3. The van der Waals surface area contributed by atoms with E-state index in [1.807, 2.05) is 4.68 Å². The third kappa shape index (κ3) is 3.64. The Morgan fingerprint density at radius 2 is 2.11 bits per heavy atom. The van der Waals surface area contributed by atoms with Gasteiger partial charge < -0.3 is 5.32 Å². The summed E-state index contributed by atoms with van der Waals surface area (Å²) in [6, 6.07) is 6.53. The highest BCUT2D eigenvalue weighted by molar-refractivity contribution is 5.30. The lowest BCUT2D eigenvalue weighted by Gasteiger charge is -2.10. The van der Waals surface area contributed by atoms with Gasteiger partial charge in [0.2, 0.25) is 0 Å². The summed E-state index contributed by atoms with van der Waals surface area (Å²) in [5, 5.41) is 7.69. The van der Waals surface area contributed by atoms with E-state index in [1.165, 1.54) is 16.7 Å². The first-order valence-corrected chi connectivity index (χ1v) is 6.84. The molecule has 0 aliphatic rings. The van der Waals surface area contributed by atoms with Crippen molar-refractivity contribution >= 4 is 0 Å². The van der Waals surface area contributed by atoms with E-state index in [0.29, 0.717) is 0 Å². The Labute approximate surface area is 114 Å². The molecule has 102 valence electrons. The van der Waals surface area contributed by atoms with E-state index in [0.717, 1.165) is 31.9 Å². The van der Waals surface area contributed by atoms with Crippen molar-refractivity contribution in [1.82, 2.24) is 20.1 Å². The molecule has 2 rings (SSSR count). The summed E-state index contributed by atoms with van der Waals surface area (Å²) in [4.78, 5) is 4.33. The molecule has 0 spiro atoms. The minimum absolute atomic E-state index is 0.776. The van der Waals surface area contributed by atoms with Crippen molar-refractivity contribution in [3.05, 3.63) is 47.0 Å². The molecule has 0 bridgehead atoms. The van der Waals surface area contributed by atoms with Gasteiger partial charge in [-0.1, -0.05) is 30.7 Å². The predicted molar refractivity (Wildman–Crippen MR) is 77.0 cm³/mol. The molecule has 0 fully saturated rings. The number of aryl methyl sites for hydroxylation is 2. The zero-order valence-electron chi connectivity index (χ0n) is 12.0. The van der Waals surface area contributed by atoms with E-state index in [9.17, 15) is 0 Å². The standard InChI is InChI=1S/C15H22N4/c1-4-7-16-9-15-17-11-18-19(15)10-14-8-12(2)5-6-13(14)3/h5-6,8,11,16H,4,7,9-10H2,1-3H3. The monoisotopic (exact) mass is 258 g/mol. The Balaban J connectivity index is 2.10. The van der Waals surface area contributed by atoms with E-state index in [4.69, 9.17) is 0 Å². The Bertz CT molecular complexity index is 531. The van der Waals surface area contributed by atoms with Crippen LogP contribution in [-0.4, -0.2) is 21.3 Å². The van der Waals surface area contributed by atoms with Gasteiger partial charge in [0.1, 0.15) is 12.2 Å². The van der Waals surface area contributed by atoms with Gasteiger partial charge in [-0.3, -0.25) is 0 Å². The summed E-state index contributed by atoms with van der Waals surface area (Å²) in [5.74, 6) is 0.995. The summed E-state index contributed by atoms with van der Waals surface area (Å²) in [7, 11) is 0. The maximum absolute atomic E-state index is 4.33. The predicted octanol–water partition coefficient (Wildman–Crippen LogP) is 2.44. The number of benzene rings is 1. The highest BCUT2D eigenvalue weighted by Crippen LogP contribution is 2.12. The van der Waals surface area contributed by atoms with Crippen LogP contribution in [0.1, 0.15) is 35.9 Å². The van der Waals surface area contributed by atoms with Crippen LogP contribution in [-0.2, 0) is 13.1 Å². The Hall–Kier alpha value is -1.68. The smallest absolute Gasteiger partial charge is 0.141 e. The van der Waals surface area contributed by atoms with Gasteiger partial charge in [0, 0.05) is 0 Å². The van der Waals surface area contributed by atoms with Crippen molar-refractivity contribution in [2.24, 2.45) is 0 Å². The molecular weight excluding hydrogens is 236 g/mol. The van der Waals surface area contributed by atoms with Crippen molar-refractivity contribution in [3.63, 3.8) is 0 Å². The third-order valence-corrected chi connectivity index (χ3v) is 3.23. The molecule has 1 N–H and O–H groups in total. The Kier molecular flexibility index (Phi) is 4.68. The molecule has 0 radical (unpaired) electrons. The zero-order valence-corrected chi connectivity index (χ0v) is 12.0. The molecule has 0 saturated carbocycles. The third-order valence-electron chi connectivity index (χ3n) is 3.23. The summed E-state index contributed by atoms with van der Waals surface area (Å²) in [6.07, 6.45) is 2.76. The van der Waals surface area contributed by atoms with Gasteiger partial charge in [0.15, 0.2) is 0 Å². The molecule has 0 unspecified atom stereocenters. The minimum atomic E-state index is 0.776. The number of nitrogens with one attached hydrogen (secondary N) is 1. The fraction of sp³-hybridized carbons (Fsp3) is 0.467. The summed E-state index contributed by atoms with van der Waals surface area (Å²) in [5.41, 5.74) is 3.89. The summed E-state index contributed by atoms with van der Waals surface area (Å²) in [6.45, 7) is 8.99. The number of rotatable bonds is 6. The minimum Gasteiger partial charge on any atom is -0.310 e. The molecule has 0 saturated heterocycles. The van der Waals surface area contributed by atoms with Gasteiger partial charge in [-0.2, -0.15) is 5.10 Å². The Morgan fingerprint density at radius 3 is 2.89 bits per heavy atom. The van der Waals surface area contributed by atoms with Crippen molar-refractivity contribution in [2.45, 2.75) is 40.3 Å². The van der Waals surface area contributed by atoms with Crippen LogP contribution in [0.25, 0.3) is 0 Å². The lowest BCUT2D eigenvalue weighted by Crippen LogP contribution is -2.18. The lowest BCUT2D eigenvalue weighted by atomic mass is 10.1. The Morgan fingerprint density at radius 1 is 1.26 bits per heavy atom. The highest BCUT2D eigenvalue weighted by Gasteiger charge is 2.06. The van der Waals surface area contributed by atoms with Gasteiger partial charge in [-0.05, 0) is 37.9 Å². The second kappa shape index (κ2) is 6.48. The number of hydrogen-bond donors (Lipinski definition) is 1. The summed E-state index contributed by atoms with van der Waals surface area (Å²) < 4.78 is 1.98. The van der Waals surface area contributed by atoms with Gasteiger partial charge in [-0.15, -0.1) is 0 Å². The first kappa shape index (κ1) is 13.7. The van der Waals surface area contributed by atoms with Crippen LogP contribution < -0.4 is 5.32 Å². The molecule has 0 aliphatic carbocycles. The number of hydrogen-bond acceptors (Lipinski definition) is 3. The van der Waals surface area contributed by atoms with Gasteiger partial charge >= 0.3 is 0 Å². The first-order chi connectivity index (χ1) is 9.20. The fourth-order valence-electron chi connectivity index (χ4n) is 2.07. The van der Waals surface area contributed by atoms with Crippen molar-refractivity contribution in [3.8, 4) is 0 Å². The van der Waals surface area contributed by atoms with E-state index in [2.05, 4.69) is 54.4 Å². The second-order valence-corrected chi connectivity index (χ2v) is 4.94. The maximum Gasteiger partial charge on any atom is 0.141 e. The molecular formula is C15H22N4. The number of aromatic nitrogens is 3. The molecule has 0 aliphatic heterocycles. The molecule has 1 aromatic carbocycles. The van der Waals surface area contributed by atoms with Crippen LogP contribution >= 0.6 is 0 Å². The first-order valence-electron chi connectivity index (χ1n) is 6.84. The average Bonchev–Trinajstić information content (AvgIpc) is 2.82. The molecule has 4 nitrogen and oxygen atoms in total. The molecule has 0 amide bonds. The van der Waals surface area contributed by atoms with Crippen LogP contribution in [0.4, 0.5) is 0 Å². The van der Waals surface area contributed by atoms with Gasteiger partial charge in [-0.25, -0.2) is 9.67 Å². The van der Waals surface area contributed by atoms with E-state index >= 15 is 0 Å². The quantitative estimate of drug-likeness (QED) is 0.809. The molecule has 4 heteroatoms. The van der Waals surface area contributed by atoms with Crippen LogP contribution in [0.3, 0.4) is 0 Å². The average molecular weight is 258 g/mol. The summed E-state index contributed by atoms with van der Waals surface area (Å²) >= 11 is 0. The van der Waals surface area contributed by atoms with Gasteiger partial charge in [0.05, 0.1) is 13.1 Å². The van der Waals surface area contributed by atoms with E-state index in [1.54, 1.807) is 6.33 Å². The maximum atomic E-state index is 4.33. The van der Waals surface area contributed by atoms with Crippen LogP contribution in [0.2, 0.25) is 0 Å². The largest absolute Gasteiger partial charge is 0.310 e. The fourth-order valence-corrected chi connectivity index (χ4v) is 2.07. The van der Waals surface area contributed by atoms with Crippen LogP contribution in [0, 0.1) is 13.8 Å². The van der Waals surface area contributed by atoms with Crippen molar-refractivity contribution < 1.29 is 0 Å². The molecule has 19 heavy (non-hydrogen) atoms. The lowest BCUT2D eigenvalue weighted by molar-refractivity contribution is 0.581.